The fourth-order valence-corrected chi connectivity index (χ4v) is 4.03. The molecule has 0 spiro atoms. The van der Waals surface area contributed by atoms with Gasteiger partial charge in [-0.2, -0.15) is 0 Å². The van der Waals surface area contributed by atoms with Crippen LogP contribution in [0.2, 0.25) is 0 Å². The van der Waals surface area contributed by atoms with E-state index in [1.165, 1.54) is 29.7 Å². The summed E-state index contributed by atoms with van der Waals surface area (Å²) in [4.78, 5) is 5.07. The Kier molecular flexibility index (Phi) is 15.2. The Morgan fingerprint density at radius 2 is 1.50 bits per heavy atom. The molecule has 1 aliphatic carbocycles. The van der Waals surface area contributed by atoms with Crippen molar-refractivity contribution in [2.45, 2.75) is 87.0 Å². The standard InChI is InChI=1S/C23H37N.C2H4N.2BrH.Pd/c1-15(2)20-10-9-11-21(16(3)4)22(20)24-14-18-13-19(12-17(18)5)23(6,7)8;1-2-3;;;/h9-11,14-19H,12-13H2,1-8H3;2H,1H3;2*1H;/q;-1;;;+2/p-2. The summed E-state index contributed by atoms with van der Waals surface area (Å²) in [5.74, 6) is 3.20. The number of nitrogens with zero attached hydrogens (tertiary/aromatic N) is 2. The molecule has 1 saturated carbocycles. The van der Waals surface area contributed by atoms with Gasteiger partial charge in [-0.25, -0.2) is 6.21 Å². The van der Waals surface area contributed by atoms with Gasteiger partial charge in [-0.1, -0.05) is 80.5 Å². The summed E-state index contributed by atoms with van der Waals surface area (Å²) in [5, 5.41) is 7.44. The van der Waals surface area contributed by atoms with Crippen LogP contribution in [0.1, 0.15) is 98.1 Å². The van der Waals surface area contributed by atoms with Crippen LogP contribution in [0.4, 0.5) is 5.69 Å². The van der Waals surface area contributed by atoms with E-state index >= 15 is 0 Å². The van der Waals surface area contributed by atoms with Crippen LogP contribution in [0.15, 0.2) is 23.2 Å². The molecular weight excluding hydrogens is 595 g/mol. The molecule has 0 bridgehead atoms. The van der Waals surface area contributed by atoms with Crippen molar-refractivity contribution in [2.24, 2.45) is 28.2 Å². The van der Waals surface area contributed by atoms with Crippen molar-refractivity contribution in [1.82, 2.24) is 0 Å². The molecule has 176 valence electrons. The van der Waals surface area contributed by atoms with E-state index < -0.39 is 0 Å². The second-order valence-electron chi connectivity index (χ2n) is 9.85. The Balaban J connectivity index is 0.00000125. The first kappa shape index (κ1) is 30.2. The van der Waals surface area contributed by atoms with E-state index in [1.807, 2.05) is 0 Å². The van der Waals surface area contributed by atoms with Crippen molar-refractivity contribution in [3.63, 3.8) is 0 Å². The Morgan fingerprint density at radius 3 is 1.83 bits per heavy atom. The Morgan fingerprint density at radius 1 is 1.07 bits per heavy atom. The van der Waals surface area contributed by atoms with Gasteiger partial charge in [-0.15, -0.1) is 0 Å². The van der Waals surface area contributed by atoms with Crippen molar-refractivity contribution in [3.05, 3.63) is 34.7 Å². The summed E-state index contributed by atoms with van der Waals surface area (Å²) in [6.07, 6.45) is 5.90. The molecule has 0 aromatic heterocycles. The van der Waals surface area contributed by atoms with Gasteiger partial charge in [-0.05, 0) is 59.0 Å². The number of benzene rings is 1. The third kappa shape index (κ3) is 10.2. The monoisotopic (exact) mass is 633 g/mol. The molecule has 0 N–H and O–H groups in total. The number of hydrogen-bond donors (Lipinski definition) is 0. The molecule has 0 radical (unpaired) electrons. The number of hydrogen-bond acceptors (Lipinski definition) is 1. The molecule has 30 heavy (non-hydrogen) atoms. The number of aliphatic imine (C=N–C) groups is 1. The predicted molar refractivity (Wildman–Crippen MR) is 141 cm³/mol. The zero-order chi connectivity index (χ0) is 23.5. The third-order valence-electron chi connectivity index (χ3n) is 5.91. The number of halogens is 2. The molecule has 0 heterocycles. The van der Waals surface area contributed by atoms with Crippen LogP contribution in [0.25, 0.3) is 5.41 Å². The normalized spacial score (nSPS) is 21.4. The van der Waals surface area contributed by atoms with Gasteiger partial charge in [0.25, 0.3) is 0 Å². The van der Waals surface area contributed by atoms with Crippen LogP contribution in [0, 0.1) is 23.2 Å². The van der Waals surface area contributed by atoms with Gasteiger partial charge in [-0.3, -0.25) is 4.99 Å². The van der Waals surface area contributed by atoms with Crippen LogP contribution >= 0.6 is 26.9 Å². The summed E-state index contributed by atoms with van der Waals surface area (Å²) in [7, 11) is 0. The van der Waals surface area contributed by atoms with Crippen molar-refractivity contribution in [2.75, 3.05) is 0 Å². The van der Waals surface area contributed by atoms with E-state index in [0.717, 1.165) is 18.1 Å². The van der Waals surface area contributed by atoms with Gasteiger partial charge >= 0.3 is 40.8 Å². The zero-order valence-corrected chi connectivity index (χ0v) is 24.9. The van der Waals surface area contributed by atoms with Crippen LogP contribution in [0.3, 0.4) is 0 Å². The predicted octanol–water partition coefficient (Wildman–Crippen LogP) is 9.68. The van der Waals surface area contributed by atoms with Crippen molar-refractivity contribution < 1.29 is 13.9 Å². The molecule has 1 aromatic rings. The van der Waals surface area contributed by atoms with Crippen molar-refractivity contribution >= 4 is 45.0 Å². The SMILES string of the molecule is CC(C)c1cccc(C(C)C)c1N=CC1CC(C(C)(C)C)CC1C.CC=[N-].[Br][Pd][Br]. The molecule has 0 amide bonds. The molecule has 2 nitrogen and oxygen atoms in total. The van der Waals surface area contributed by atoms with Crippen LogP contribution in [-0.4, -0.2) is 12.4 Å². The van der Waals surface area contributed by atoms with E-state index in [1.54, 1.807) is 6.92 Å². The molecule has 3 unspecified atom stereocenters. The minimum atomic E-state index is 0.412. The fraction of sp³-hybridized carbons (Fsp3) is 0.680. The van der Waals surface area contributed by atoms with Crippen molar-refractivity contribution in [3.8, 4) is 0 Å². The molecule has 1 aromatic carbocycles. The summed E-state index contributed by atoms with van der Waals surface area (Å²) in [5.41, 5.74) is 4.41. The molecule has 5 heteroatoms. The van der Waals surface area contributed by atoms with Gasteiger partial charge in [0.2, 0.25) is 0 Å². The second-order valence-corrected chi connectivity index (χ2v) is 17.0. The van der Waals surface area contributed by atoms with Gasteiger partial charge in [0.1, 0.15) is 0 Å². The minimum absolute atomic E-state index is 0.412. The quantitative estimate of drug-likeness (QED) is 0.233. The average molecular weight is 636 g/mol. The van der Waals surface area contributed by atoms with E-state index in [-0.39, 0.29) is 0 Å². The molecule has 1 fully saturated rings. The Labute approximate surface area is 207 Å². The topological polar surface area (TPSA) is 34.7 Å². The van der Waals surface area contributed by atoms with E-state index in [0.29, 0.717) is 37.1 Å². The van der Waals surface area contributed by atoms with Gasteiger partial charge in [0.15, 0.2) is 0 Å². The summed E-state index contributed by atoms with van der Waals surface area (Å²) >= 11 is 6.80. The first-order chi connectivity index (χ1) is 13.9. The van der Waals surface area contributed by atoms with Gasteiger partial charge in [0.05, 0.1) is 5.69 Å². The maximum absolute atomic E-state index is 7.44. The van der Waals surface area contributed by atoms with Gasteiger partial charge < -0.3 is 5.41 Å². The van der Waals surface area contributed by atoms with Crippen molar-refractivity contribution in [1.29, 1.82) is 0 Å². The third-order valence-corrected chi connectivity index (χ3v) is 5.91. The molecule has 3 atom stereocenters. The van der Waals surface area contributed by atoms with E-state index in [4.69, 9.17) is 10.4 Å². The maximum atomic E-state index is 7.44. The Hall–Kier alpha value is 0.182. The van der Waals surface area contributed by atoms with E-state index in [9.17, 15) is 0 Å². The molecule has 0 aliphatic heterocycles. The molecule has 1 aliphatic rings. The second kappa shape index (κ2) is 15.1. The number of rotatable bonds is 4. The molecule has 2 rings (SSSR count). The molecular formula is C25H41Br2N2Pd-. The number of para-hydroxylation sites is 1. The van der Waals surface area contributed by atoms with Gasteiger partial charge in [0, 0.05) is 6.21 Å². The van der Waals surface area contributed by atoms with Crippen LogP contribution in [-0.2, 0) is 13.9 Å². The average Bonchev–Trinajstić information content (AvgIpc) is 3.02. The summed E-state index contributed by atoms with van der Waals surface area (Å²) in [6, 6.07) is 6.69. The zero-order valence-electron chi connectivity index (χ0n) is 20.2. The fourth-order valence-electron chi connectivity index (χ4n) is 4.03. The molecule has 0 saturated heterocycles. The van der Waals surface area contributed by atoms with E-state index in [2.05, 4.69) is 107 Å². The van der Waals surface area contributed by atoms with Crippen LogP contribution in [0.5, 0.6) is 0 Å². The Bertz CT molecular complexity index is 625. The van der Waals surface area contributed by atoms with Crippen LogP contribution < -0.4 is 0 Å². The summed E-state index contributed by atoms with van der Waals surface area (Å²) in [6.45, 7) is 20.2. The first-order valence-electron chi connectivity index (χ1n) is 10.9. The summed E-state index contributed by atoms with van der Waals surface area (Å²) < 4.78 is 0. The first-order valence-corrected chi connectivity index (χ1v) is 18.0.